The standard InChI is InChI=1S/C23H20FN/c1-2-16-7-11-21-20-10-8-18(17-5-3-15(14-25)4-6-17)13-19(20)9-12-22(21)23(16)24/h3-6,8-10,12-13,16,23H,2,7,11H2,1H3/t16-,23+/m1/s1. The lowest BCUT2D eigenvalue weighted by Gasteiger charge is -2.28. The van der Waals surface area contributed by atoms with E-state index in [-0.39, 0.29) is 5.92 Å². The zero-order valence-corrected chi connectivity index (χ0v) is 14.3. The summed E-state index contributed by atoms with van der Waals surface area (Å²) in [6, 6.07) is 20.2. The molecule has 124 valence electrons. The Morgan fingerprint density at radius 3 is 2.52 bits per heavy atom. The summed E-state index contributed by atoms with van der Waals surface area (Å²) in [6.07, 6.45) is 1.95. The van der Waals surface area contributed by atoms with Gasteiger partial charge in [-0.1, -0.05) is 49.7 Å². The second-order valence-corrected chi connectivity index (χ2v) is 6.87. The van der Waals surface area contributed by atoms with Crippen LogP contribution in [-0.4, -0.2) is 0 Å². The number of alkyl halides is 1. The maximum absolute atomic E-state index is 14.8. The highest BCUT2D eigenvalue weighted by Crippen LogP contribution is 2.42. The van der Waals surface area contributed by atoms with Crippen molar-refractivity contribution in [1.29, 1.82) is 5.26 Å². The SMILES string of the molecule is CC[C@@H]1CCc2c(ccc3cc(-c4ccc(C#N)cc4)ccc23)[C@H]1F. The molecule has 0 bridgehead atoms. The number of aryl methyl sites for hydroxylation is 1. The Kier molecular flexibility index (Phi) is 4.01. The molecule has 0 fully saturated rings. The third kappa shape index (κ3) is 2.70. The highest BCUT2D eigenvalue weighted by atomic mass is 19.1. The number of hydrogen-bond acceptors (Lipinski definition) is 1. The first-order valence-corrected chi connectivity index (χ1v) is 8.91. The van der Waals surface area contributed by atoms with Gasteiger partial charge in [-0.15, -0.1) is 0 Å². The van der Waals surface area contributed by atoms with Crippen LogP contribution in [0.25, 0.3) is 21.9 Å². The summed E-state index contributed by atoms with van der Waals surface area (Å²) < 4.78 is 14.8. The van der Waals surface area contributed by atoms with Crippen LogP contribution in [0.1, 0.15) is 42.6 Å². The predicted octanol–water partition coefficient (Wildman–Crippen LogP) is 6.36. The van der Waals surface area contributed by atoms with Crippen LogP contribution in [0.4, 0.5) is 4.39 Å². The second kappa shape index (κ2) is 6.33. The van der Waals surface area contributed by atoms with Crippen LogP contribution < -0.4 is 0 Å². The Balaban J connectivity index is 1.78. The Labute approximate surface area is 147 Å². The summed E-state index contributed by atoms with van der Waals surface area (Å²) in [5.41, 5.74) is 4.94. The normalized spacial score (nSPS) is 19.4. The number of halogens is 1. The van der Waals surface area contributed by atoms with E-state index in [1.807, 2.05) is 36.4 Å². The van der Waals surface area contributed by atoms with Crippen LogP contribution in [0, 0.1) is 17.2 Å². The highest BCUT2D eigenvalue weighted by Gasteiger charge is 2.29. The van der Waals surface area contributed by atoms with Crippen molar-refractivity contribution in [2.24, 2.45) is 5.92 Å². The van der Waals surface area contributed by atoms with Gasteiger partial charge in [0.2, 0.25) is 0 Å². The van der Waals surface area contributed by atoms with E-state index in [0.29, 0.717) is 5.56 Å². The largest absolute Gasteiger partial charge is 0.242 e. The van der Waals surface area contributed by atoms with Crippen molar-refractivity contribution < 1.29 is 4.39 Å². The van der Waals surface area contributed by atoms with E-state index in [1.165, 1.54) is 10.9 Å². The summed E-state index contributed by atoms with van der Waals surface area (Å²) in [6.45, 7) is 2.08. The number of nitrogens with zero attached hydrogens (tertiary/aromatic N) is 1. The van der Waals surface area contributed by atoms with Gasteiger partial charge in [0.05, 0.1) is 11.6 Å². The number of nitriles is 1. The van der Waals surface area contributed by atoms with Crippen molar-refractivity contribution in [3.63, 3.8) is 0 Å². The molecule has 0 saturated carbocycles. The van der Waals surface area contributed by atoms with Gasteiger partial charge >= 0.3 is 0 Å². The molecule has 0 aromatic heterocycles. The van der Waals surface area contributed by atoms with Crippen molar-refractivity contribution in [2.75, 3.05) is 0 Å². The van der Waals surface area contributed by atoms with Gasteiger partial charge in [0.15, 0.2) is 0 Å². The predicted molar refractivity (Wildman–Crippen MR) is 100 cm³/mol. The zero-order valence-electron chi connectivity index (χ0n) is 14.3. The number of rotatable bonds is 2. The minimum atomic E-state index is -0.837. The van der Waals surface area contributed by atoms with Crippen molar-refractivity contribution in [2.45, 2.75) is 32.4 Å². The summed E-state index contributed by atoms with van der Waals surface area (Å²) in [5.74, 6) is 0.155. The average molecular weight is 329 g/mol. The van der Waals surface area contributed by atoms with E-state index in [4.69, 9.17) is 5.26 Å². The van der Waals surface area contributed by atoms with Crippen LogP contribution in [0.15, 0.2) is 54.6 Å². The molecule has 2 heteroatoms. The van der Waals surface area contributed by atoms with Crippen molar-refractivity contribution >= 4 is 10.8 Å². The van der Waals surface area contributed by atoms with Crippen LogP contribution in [0.2, 0.25) is 0 Å². The van der Waals surface area contributed by atoms with Gasteiger partial charge in [0, 0.05) is 0 Å². The minimum Gasteiger partial charge on any atom is -0.242 e. The molecule has 0 heterocycles. The number of fused-ring (bicyclic) bond motifs is 3. The quantitative estimate of drug-likeness (QED) is 0.536. The molecule has 3 aromatic rings. The first-order valence-electron chi connectivity index (χ1n) is 8.91. The molecule has 0 unspecified atom stereocenters. The third-order valence-corrected chi connectivity index (χ3v) is 5.52. The Bertz CT molecular complexity index is 966. The fraction of sp³-hybridized carbons (Fsp3) is 0.261. The van der Waals surface area contributed by atoms with E-state index in [9.17, 15) is 4.39 Å². The van der Waals surface area contributed by atoms with Gasteiger partial charge < -0.3 is 0 Å². The van der Waals surface area contributed by atoms with Gasteiger partial charge in [0.25, 0.3) is 0 Å². The maximum atomic E-state index is 14.8. The van der Waals surface area contributed by atoms with Gasteiger partial charge in [-0.25, -0.2) is 4.39 Å². The number of benzene rings is 3. The van der Waals surface area contributed by atoms with Crippen LogP contribution >= 0.6 is 0 Å². The molecule has 4 rings (SSSR count). The lowest BCUT2D eigenvalue weighted by atomic mass is 9.79. The molecule has 0 saturated heterocycles. The molecule has 0 aliphatic heterocycles. The molecular weight excluding hydrogens is 309 g/mol. The summed E-state index contributed by atoms with van der Waals surface area (Å²) in [4.78, 5) is 0. The zero-order chi connectivity index (χ0) is 17.4. The van der Waals surface area contributed by atoms with Gasteiger partial charge in [0.1, 0.15) is 6.17 Å². The van der Waals surface area contributed by atoms with E-state index >= 15 is 0 Å². The molecule has 1 aliphatic carbocycles. The molecule has 2 atom stereocenters. The lowest BCUT2D eigenvalue weighted by Crippen LogP contribution is -2.17. The van der Waals surface area contributed by atoms with Crippen LogP contribution in [-0.2, 0) is 6.42 Å². The lowest BCUT2D eigenvalue weighted by molar-refractivity contribution is 0.201. The molecular formula is C23H20FN. The average Bonchev–Trinajstić information content (AvgIpc) is 2.67. The summed E-state index contributed by atoms with van der Waals surface area (Å²) in [7, 11) is 0. The van der Waals surface area contributed by atoms with Crippen molar-refractivity contribution in [3.8, 4) is 17.2 Å². The molecule has 25 heavy (non-hydrogen) atoms. The van der Waals surface area contributed by atoms with E-state index in [1.54, 1.807) is 0 Å². The van der Waals surface area contributed by atoms with Crippen LogP contribution in [0.5, 0.6) is 0 Å². The minimum absolute atomic E-state index is 0.155. The monoisotopic (exact) mass is 329 g/mol. The van der Waals surface area contributed by atoms with Crippen molar-refractivity contribution in [3.05, 3.63) is 71.3 Å². The molecule has 1 nitrogen and oxygen atoms in total. The molecule has 3 aromatic carbocycles. The summed E-state index contributed by atoms with van der Waals surface area (Å²) in [5, 5.41) is 11.3. The second-order valence-electron chi connectivity index (χ2n) is 6.87. The number of hydrogen-bond donors (Lipinski definition) is 0. The van der Waals surface area contributed by atoms with E-state index < -0.39 is 6.17 Å². The fourth-order valence-electron chi connectivity index (χ4n) is 4.01. The Morgan fingerprint density at radius 2 is 1.80 bits per heavy atom. The van der Waals surface area contributed by atoms with E-state index in [0.717, 1.165) is 41.3 Å². The molecule has 0 amide bonds. The van der Waals surface area contributed by atoms with Gasteiger partial charge in [-0.05, 0) is 70.0 Å². The smallest absolute Gasteiger partial charge is 0.128 e. The molecule has 0 N–H and O–H groups in total. The Hall–Kier alpha value is -2.66. The topological polar surface area (TPSA) is 23.8 Å². The molecule has 0 spiro atoms. The molecule has 0 radical (unpaired) electrons. The Morgan fingerprint density at radius 1 is 1.04 bits per heavy atom. The maximum Gasteiger partial charge on any atom is 0.128 e. The summed E-state index contributed by atoms with van der Waals surface area (Å²) >= 11 is 0. The van der Waals surface area contributed by atoms with Crippen molar-refractivity contribution in [1.82, 2.24) is 0 Å². The third-order valence-electron chi connectivity index (χ3n) is 5.52. The van der Waals surface area contributed by atoms with Crippen LogP contribution in [0.3, 0.4) is 0 Å². The molecule has 1 aliphatic rings. The highest BCUT2D eigenvalue weighted by molar-refractivity contribution is 5.91. The first-order chi connectivity index (χ1) is 12.2. The fourth-order valence-corrected chi connectivity index (χ4v) is 4.01. The van der Waals surface area contributed by atoms with E-state index in [2.05, 4.69) is 31.2 Å². The van der Waals surface area contributed by atoms with Gasteiger partial charge in [-0.3, -0.25) is 0 Å². The van der Waals surface area contributed by atoms with Gasteiger partial charge in [-0.2, -0.15) is 5.26 Å². The first kappa shape index (κ1) is 15.8.